The predicted octanol–water partition coefficient (Wildman–Crippen LogP) is 4.54. The van der Waals surface area contributed by atoms with Crippen LogP contribution in [0, 0.1) is 0 Å². The number of amides is 1. The molecule has 0 saturated carbocycles. The standard InChI is InChI=1S/C27H37N3O2/c1-6-15-30-20(4)18-29(19-21(30)5)26(23-12-10-14-25(31)17-23)22-11-9-13-24(16-22)27(32)28(7-2)8-3/h6,9-14,16-17,20-21,26,31H,1,7-8,15,18-19H2,2-5H3/t20-,21+,26?. The number of piperazine rings is 1. The van der Waals surface area contributed by atoms with E-state index in [0.717, 1.165) is 30.8 Å². The van der Waals surface area contributed by atoms with Gasteiger partial charge in [0.15, 0.2) is 0 Å². The Morgan fingerprint density at radius 2 is 1.69 bits per heavy atom. The van der Waals surface area contributed by atoms with Gasteiger partial charge < -0.3 is 10.0 Å². The van der Waals surface area contributed by atoms with Gasteiger partial charge >= 0.3 is 0 Å². The first kappa shape index (κ1) is 24.0. The minimum atomic E-state index is -0.0395. The van der Waals surface area contributed by atoms with Crippen molar-refractivity contribution in [1.82, 2.24) is 14.7 Å². The molecule has 3 atom stereocenters. The molecule has 1 heterocycles. The third-order valence-corrected chi connectivity index (χ3v) is 6.52. The lowest BCUT2D eigenvalue weighted by molar-refractivity contribution is 0.0322. The van der Waals surface area contributed by atoms with Gasteiger partial charge in [0.2, 0.25) is 0 Å². The topological polar surface area (TPSA) is 47.0 Å². The number of benzene rings is 2. The van der Waals surface area contributed by atoms with E-state index in [0.29, 0.717) is 30.7 Å². The second-order valence-corrected chi connectivity index (χ2v) is 8.74. The number of nitrogens with zero attached hydrogens (tertiary/aromatic N) is 3. The number of phenols is 1. The van der Waals surface area contributed by atoms with E-state index in [2.05, 4.69) is 42.4 Å². The average Bonchev–Trinajstić information content (AvgIpc) is 2.77. The molecule has 1 aliphatic rings. The van der Waals surface area contributed by atoms with Crippen LogP contribution in [0.3, 0.4) is 0 Å². The Morgan fingerprint density at radius 3 is 2.25 bits per heavy atom. The lowest BCUT2D eigenvalue weighted by atomic mass is 9.93. The molecule has 0 bridgehead atoms. The maximum Gasteiger partial charge on any atom is 0.253 e. The number of phenolic OH excluding ortho intramolecular Hbond substituents is 1. The second-order valence-electron chi connectivity index (χ2n) is 8.74. The molecule has 1 N–H and O–H groups in total. The van der Waals surface area contributed by atoms with Crippen molar-refractivity contribution in [3.63, 3.8) is 0 Å². The molecule has 0 aliphatic carbocycles. The summed E-state index contributed by atoms with van der Waals surface area (Å²) in [6.07, 6.45) is 1.97. The summed E-state index contributed by atoms with van der Waals surface area (Å²) in [5.41, 5.74) is 2.82. The van der Waals surface area contributed by atoms with Gasteiger partial charge in [0.05, 0.1) is 6.04 Å². The molecule has 3 rings (SSSR count). The Kier molecular flexibility index (Phi) is 8.10. The van der Waals surface area contributed by atoms with Crippen LogP contribution in [0.5, 0.6) is 5.75 Å². The molecule has 5 nitrogen and oxygen atoms in total. The van der Waals surface area contributed by atoms with Gasteiger partial charge in [-0.2, -0.15) is 0 Å². The van der Waals surface area contributed by atoms with Crippen molar-refractivity contribution in [2.24, 2.45) is 0 Å². The Bertz CT molecular complexity index is 913. The summed E-state index contributed by atoms with van der Waals surface area (Å²) >= 11 is 0. The summed E-state index contributed by atoms with van der Waals surface area (Å²) in [5.74, 6) is 0.318. The van der Waals surface area contributed by atoms with Gasteiger partial charge in [-0.1, -0.05) is 30.3 Å². The normalized spacial score (nSPS) is 20.6. The molecule has 172 valence electrons. The minimum Gasteiger partial charge on any atom is -0.508 e. The Balaban J connectivity index is 2.01. The highest BCUT2D eigenvalue weighted by Crippen LogP contribution is 2.34. The molecular formula is C27H37N3O2. The molecule has 1 aliphatic heterocycles. The first-order valence-electron chi connectivity index (χ1n) is 11.7. The molecule has 32 heavy (non-hydrogen) atoms. The summed E-state index contributed by atoms with van der Waals surface area (Å²) in [6, 6.07) is 16.2. The third kappa shape index (κ3) is 5.22. The van der Waals surface area contributed by atoms with Crippen molar-refractivity contribution in [2.75, 3.05) is 32.7 Å². The molecular weight excluding hydrogens is 398 g/mol. The predicted molar refractivity (Wildman–Crippen MR) is 131 cm³/mol. The molecule has 2 aromatic rings. The van der Waals surface area contributed by atoms with Crippen LogP contribution >= 0.6 is 0 Å². The van der Waals surface area contributed by atoms with Gasteiger partial charge in [-0.05, 0) is 63.1 Å². The van der Waals surface area contributed by atoms with Crippen molar-refractivity contribution in [3.8, 4) is 5.75 Å². The molecule has 2 aromatic carbocycles. The minimum absolute atomic E-state index is 0.0395. The Hall–Kier alpha value is -2.63. The van der Waals surface area contributed by atoms with Crippen LogP contribution < -0.4 is 0 Å². The summed E-state index contributed by atoms with van der Waals surface area (Å²) in [7, 11) is 0. The van der Waals surface area contributed by atoms with Crippen molar-refractivity contribution in [1.29, 1.82) is 0 Å². The summed E-state index contributed by atoms with van der Waals surface area (Å²) in [6.45, 7) is 16.5. The summed E-state index contributed by atoms with van der Waals surface area (Å²) in [5, 5.41) is 10.2. The van der Waals surface area contributed by atoms with Crippen LogP contribution in [0.15, 0.2) is 61.2 Å². The number of hydrogen-bond donors (Lipinski definition) is 1. The lowest BCUT2D eigenvalue weighted by Crippen LogP contribution is -2.57. The van der Waals surface area contributed by atoms with E-state index in [1.165, 1.54) is 0 Å². The monoisotopic (exact) mass is 435 g/mol. The van der Waals surface area contributed by atoms with Gasteiger partial charge in [-0.15, -0.1) is 6.58 Å². The summed E-state index contributed by atoms with van der Waals surface area (Å²) < 4.78 is 0. The molecule has 0 spiro atoms. The van der Waals surface area contributed by atoms with Crippen LogP contribution in [0.4, 0.5) is 0 Å². The van der Waals surface area contributed by atoms with E-state index < -0.39 is 0 Å². The average molecular weight is 436 g/mol. The first-order chi connectivity index (χ1) is 15.4. The first-order valence-corrected chi connectivity index (χ1v) is 11.7. The Morgan fingerprint density at radius 1 is 1.09 bits per heavy atom. The van der Waals surface area contributed by atoms with Crippen LogP contribution in [0.2, 0.25) is 0 Å². The SMILES string of the molecule is C=CCN1[C@H](C)CN(C(c2cccc(O)c2)c2cccc(C(=O)N(CC)CC)c2)C[C@@H]1C. The van der Waals surface area contributed by atoms with Gasteiger partial charge in [-0.25, -0.2) is 0 Å². The molecule has 1 fully saturated rings. The van der Waals surface area contributed by atoms with E-state index >= 15 is 0 Å². The van der Waals surface area contributed by atoms with Crippen LogP contribution in [0.1, 0.15) is 55.2 Å². The van der Waals surface area contributed by atoms with Gasteiger partial charge in [0.25, 0.3) is 5.91 Å². The molecule has 1 amide bonds. The third-order valence-electron chi connectivity index (χ3n) is 6.52. The van der Waals surface area contributed by atoms with E-state index in [1.54, 1.807) is 6.07 Å². The van der Waals surface area contributed by atoms with Crippen LogP contribution in [-0.2, 0) is 0 Å². The zero-order chi connectivity index (χ0) is 23.3. The van der Waals surface area contributed by atoms with Gasteiger partial charge in [0.1, 0.15) is 5.75 Å². The number of carbonyl (C=O) groups excluding carboxylic acids is 1. The highest BCUT2D eigenvalue weighted by molar-refractivity contribution is 5.94. The maximum absolute atomic E-state index is 13.0. The molecule has 0 radical (unpaired) electrons. The van der Waals surface area contributed by atoms with Crippen molar-refractivity contribution in [2.45, 2.75) is 45.8 Å². The lowest BCUT2D eigenvalue weighted by Gasteiger charge is -2.47. The smallest absolute Gasteiger partial charge is 0.253 e. The largest absolute Gasteiger partial charge is 0.508 e. The van der Waals surface area contributed by atoms with Crippen molar-refractivity contribution in [3.05, 3.63) is 77.9 Å². The highest BCUT2D eigenvalue weighted by Gasteiger charge is 2.34. The quantitative estimate of drug-likeness (QED) is 0.618. The fourth-order valence-electron chi connectivity index (χ4n) is 4.96. The molecule has 0 aromatic heterocycles. The van der Waals surface area contributed by atoms with Gasteiger partial charge in [-0.3, -0.25) is 14.6 Å². The molecule has 1 saturated heterocycles. The number of hydrogen-bond acceptors (Lipinski definition) is 4. The zero-order valence-electron chi connectivity index (χ0n) is 19.9. The fourth-order valence-corrected chi connectivity index (χ4v) is 4.96. The van der Waals surface area contributed by atoms with E-state index in [9.17, 15) is 9.90 Å². The van der Waals surface area contributed by atoms with E-state index in [4.69, 9.17) is 0 Å². The van der Waals surface area contributed by atoms with Crippen molar-refractivity contribution < 1.29 is 9.90 Å². The highest BCUT2D eigenvalue weighted by atomic mass is 16.3. The van der Waals surface area contributed by atoms with E-state index in [1.807, 2.05) is 55.2 Å². The summed E-state index contributed by atoms with van der Waals surface area (Å²) in [4.78, 5) is 19.8. The maximum atomic E-state index is 13.0. The number of rotatable bonds is 8. The van der Waals surface area contributed by atoms with Gasteiger partial charge in [0, 0.05) is 50.4 Å². The molecule has 5 heteroatoms. The van der Waals surface area contributed by atoms with E-state index in [-0.39, 0.29) is 17.7 Å². The Labute approximate surface area is 193 Å². The number of carbonyl (C=O) groups is 1. The zero-order valence-corrected chi connectivity index (χ0v) is 19.9. The molecule has 1 unspecified atom stereocenters. The fraction of sp³-hybridized carbons (Fsp3) is 0.444. The second kappa shape index (κ2) is 10.8. The number of aromatic hydroxyl groups is 1. The van der Waals surface area contributed by atoms with Crippen LogP contribution in [-0.4, -0.2) is 70.5 Å². The van der Waals surface area contributed by atoms with Crippen molar-refractivity contribution >= 4 is 5.91 Å². The van der Waals surface area contributed by atoms with Crippen LogP contribution in [0.25, 0.3) is 0 Å².